The Hall–Kier alpha value is -2.25. The van der Waals surface area contributed by atoms with E-state index < -0.39 is 22.0 Å². The second-order valence-corrected chi connectivity index (χ2v) is 10.8. The van der Waals surface area contributed by atoms with Crippen molar-refractivity contribution in [1.82, 2.24) is 9.21 Å². The lowest BCUT2D eigenvalue weighted by atomic mass is 10.1. The van der Waals surface area contributed by atoms with Gasteiger partial charge in [0.2, 0.25) is 10.0 Å². The molecule has 1 fully saturated rings. The fourth-order valence-corrected chi connectivity index (χ4v) is 6.31. The van der Waals surface area contributed by atoms with Crippen molar-refractivity contribution < 1.29 is 27.5 Å². The third-order valence-corrected chi connectivity index (χ3v) is 8.82. The number of anilines is 1. The van der Waals surface area contributed by atoms with Gasteiger partial charge in [-0.3, -0.25) is 0 Å². The number of thiophene rings is 1. The second-order valence-electron chi connectivity index (χ2n) is 7.02. The SMILES string of the molecule is COC(=O)c1sc(NC(=S)N2CCN(S(=O)(=O)c3ccc(Cl)cc3)CC2)c(C(=O)OC)c1C. The summed E-state index contributed by atoms with van der Waals surface area (Å²) in [4.78, 5) is 26.6. The van der Waals surface area contributed by atoms with E-state index in [1.165, 1.54) is 42.8 Å². The number of methoxy groups -OCH3 is 2. The maximum atomic E-state index is 12.9. The van der Waals surface area contributed by atoms with E-state index in [4.69, 9.17) is 33.3 Å². The topological polar surface area (TPSA) is 105 Å². The number of sulfonamides is 1. The molecule has 0 aliphatic carbocycles. The van der Waals surface area contributed by atoms with Crippen LogP contribution in [0.5, 0.6) is 0 Å². The molecule has 1 aromatic heterocycles. The van der Waals surface area contributed by atoms with Crippen molar-refractivity contribution in [2.45, 2.75) is 11.8 Å². The minimum Gasteiger partial charge on any atom is -0.465 e. The first-order valence-electron chi connectivity index (χ1n) is 9.71. The molecule has 0 radical (unpaired) electrons. The summed E-state index contributed by atoms with van der Waals surface area (Å²) < 4.78 is 36.8. The number of nitrogens with zero attached hydrogens (tertiary/aromatic N) is 2. The minimum absolute atomic E-state index is 0.174. The molecule has 3 rings (SSSR count). The van der Waals surface area contributed by atoms with Gasteiger partial charge >= 0.3 is 11.9 Å². The third kappa shape index (κ3) is 5.30. The van der Waals surface area contributed by atoms with Gasteiger partial charge in [-0.15, -0.1) is 11.3 Å². The standard InChI is InChI=1S/C20H22ClN3O6S3/c1-12-15(18(25)29-2)17(32-16(12)19(26)30-3)22-20(31)23-8-10-24(11-9-23)33(27,28)14-6-4-13(21)5-7-14/h4-7H,8-11H2,1-3H3,(H,22,31). The average molecular weight is 532 g/mol. The third-order valence-electron chi connectivity index (χ3n) is 5.10. The quantitative estimate of drug-likeness (QED) is 0.460. The van der Waals surface area contributed by atoms with Crippen LogP contribution in [0.4, 0.5) is 5.00 Å². The van der Waals surface area contributed by atoms with Gasteiger partial charge in [0.1, 0.15) is 9.88 Å². The number of carbonyl (C=O) groups excluding carboxylic acids is 2. The Bertz CT molecular complexity index is 1170. The maximum absolute atomic E-state index is 12.9. The van der Waals surface area contributed by atoms with E-state index in [0.29, 0.717) is 33.8 Å². The van der Waals surface area contributed by atoms with E-state index in [1.807, 2.05) is 0 Å². The lowest BCUT2D eigenvalue weighted by Gasteiger charge is -2.35. The van der Waals surface area contributed by atoms with Gasteiger partial charge in [0.15, 0.2) is 5.11 Å². The van der Waals surface area contributed by atoms with Gasteiger partial charge in [0.25, 0.3) is 0 Å². The molecule has 0 spiro atoms. The molecule has 0 unspecified atom stereocenters. The zero-order chi connectivity index (χ0) is 24.3. The molecular weight excluding hydrogens is 510 g/mol. The Kier molecular flexibility index (Phi) is 7.96. The molecule has 0 atom stereocenters. The highest BCUT2D eigenvalue weighted by Crippen LogP contribution is 2.34. The first kappa shape index (κ1) is 25.4. The molecular formula is C20H22ClN3O6S3. The van der Waals surface area contributed by atoms with Crippen molar-refractivity contribution in [3.8, 4) is 0 Å². The second kappa shape index (κ2) is 10.3. The van der Waals surface area contributed by atoms with Crippen molar-refractivity contribution in [2.75, 3.05) is 45.7 Å². The Labute approximate surface area is 206 Å². The summed E-state index contributed by atoms with van der Waals surface area (Å²) in [5, 5.41) is 4.14. The molecule has 2 heterocycles. The monoisotopic (exact) mass is 531 g/mol. The number of piperazine rings is 1. The van der Waals surface area contributed by atoms with Crippen LogP contribution in [0.25, 0.3) is 0 Å². The van der Waals surface area contributed by atoms with Gasteiger partial charge in [-0.05, 0) is 49.0 Å². The van der Waals surface area contributed by atoms with E-state index in [-0.39, 0.29) is 28.4 Å². The molecule has 13 heteroatoms. The molecule has 1 aromatic carbocycles. The van der Waals surface area contributed by atoms with Crippen LogP contribution in [-0.2, 0) is 19.5 Å². The normalized spacial score (nSPS) is 14.6. The summed E-state index contributed by atoms with van der Waals surface area (Å²) in [6.07, 6.45) is 0. The van der Waals surface area contributed by atoms with Crippen LogP contribution >= 0.6 is 35.2 Å². The first-order valence-corrected chi connectivity index (χ1v) is 12.8. The number of rotatable bonds is 5. The van der Waals surface area contributed by atoms with Crippen LogP contribution in [0.2, 0.25) is 5.02 Å². The van der Waals surface area contributed by atoms with Gasteiger partial charge in [-0.2, -0.15) is 4.31 Å². The molecule has 2 aromatic rings. The Morgan fingerprint density at radius 1 is 1.06 bits per heavy atom. The van der Waals surface area contributed by atoms with Crippen molar-refractivity contribution in [1.29, 1.82) is 0 Å². The van der Waals surface area contributed by atoms with Crippen LogP contribution in [-0.4, -0.2) is 75.1 Å². The van der Waals surface area contributed by atoms with E-state index in [9.17, 15) is 18.0 Å². The van der Waals surface area contributed by atoms with E-state index >= 15 is 0 Å². The van der Waals surface area contributed by atoms with Crippen molar-refractivity contribution in [2.24, 2.45) is 0 Å². The van der Waals surface area contributed by atoms with Crippen LogP contribution in [0.3, 0.4) is 0 Å². The van der Waals surface area contributed by atoms with E-state index in [0.717, 1.165) is 11.3 Å². The van der Waals surface area contributed by atoms with Gasteiger partial charge < -0.3 is 19.7 Å². The number of benzene rings is 1. The number of hydrogen-bond acceptors (Lipinski definition) is 8. The number of halogens is 1. The summed E-state index contributed by atoms with van der Waals surface area (Å²) in [6.45, 7) is 2.78. The highest BCUT2D eigenvalue weighted by atomic mass is 35.5. The first-order chi connectivity index (χ1) is 15.6. The summed E-state index contributed by atoms with van der Waals surface area (Å²) in [6, 6.07) is 6.02. The molecule has 0 saturated carbocycles. The Morgan fingerprint density at radius 2 is 1.64 bits per heavy atom. The number of ether oxygens (including phenoxy) is 2. The fourth-order valence-electron chi connectivity index (χ4n) is 3.30. The van der Waals surface area contributed by atoms with Gasteiger partial charge in [-0.1, -0.05) is 11.6 Å². The summed E-state index contributed by atoms with van der Waals surface area (Å²) in [5.74, 6) is -1.18. The number of carbonyl (C=O) groups is 2. The van der Waals surface area contributed by atoms with Gasteiger partial charge in [-0.25, -0.2) is 18.0 Å². The lowest BCUT2D eigenvalue weighted by molar-refractivity contribution is 0.0601. The number of nitrogens with one attached hydrogen (secondary N) is 1. The largest absolute Gasteiger partial charge is 0.465 e. The maximum Gasteiger partial charge on any atom is 0.348 e. The molecule has 33 heavy (non-hydrogen) atoms. The van der Waals surface area contributed by atoms with Gasteiger partial charge in [0, 0.05) is 31.2 Å². The zero-order valence-electron chi connectivity index (χ0n) is 18.1. The van der Waals surface area contributed by atoms with Gasteiger partial charge in [0.05, 0.1) is 24.7 Å². The number of hydrogen-bond donors (Lipinski definition) is 1. The lowest BCUT2D eigenvalue weighted by Crippen LogP contribution is -2.51. The number of esters is 2. The smallest absolute Gasteiger partial charge is 0.348 e. The highest BCUT2D eigenvalue weighted by Gasteiger charge is 2.31. The van der Waals surface area contributed by atoms with E-state index in [1.54, 1.807) is 11.8 Å². The summed E-state index contributed by atoms with van der Waals surface area (Å²) >= 11 is 12.4. The minimum atomic E-state index is -3.65. The molecule has 1 N–H and O–H groups in total. The van der Waals surface area contributed by atoms with Crippen molar-refractivity contribution >= 4 is 67.2 Å². The Morgan fingerprint density at radius 3 is 2.18 bits per heavy atom. The predicted molar refractivity (Wildman–Crippen MR) is 130 cm³/mol. The van der Waals surface area contributed by atoms with Crippen molar-refractivity contribution in [3.63, 3.8) is 0 Å². The molecule has 0 amide bonds. The molecule has 178 valence electrons. The fraction of sp³-hybridized carbons (Fsp3) is 0.350. The molecule has 1 saturated heterocycles. The molecule has 0 bridgehead atoms. The predicted octanol–water partition coefficient (Wildman–Crippen LogP) is 2.99. The summed E-state index contributed by atoms with van der Waals surface area (Å²) in [7, 11) is -1.14. The summed E-state index contributed by atoms with van der Waals surface area (Å²) in [5.41, 5.74) is 0.636. The molecule has 1 aliphatic heterocycles. The van der Waals surface area contributed by atoms with Crippen LogP contribution < -0.4 is 5.32 Å². The molecule has 1 aliphatic rings. The highest BCUT2D eigenvalue weighted by molar-refractivity contribution is 7.89. The van der Waals surface area contributed by atoms with E-state index in [2.05, 4.69) is 5.32 Å². The van der Waals surface area contributed by atoms with Crippen LogP contribution in [0.1, 0.15) is 25.6 Å². The molecule has 9 nitrogen and oxygen atoms in total. The van der Waals surface area contributed by atoms with Crippen molar-refractivity contribution in [3.05, 3.63) is 45.3 Å². The Balaban J connectivity index is 1.72. The number of thiocarbonyl (C=S) groups is 1. The van der Waals surface area contributed by atoms with Crippen LogP contribution in [0, 0.1) is 6.92 Å². The van der Waals surface area contributed by atoms with Crippen LogP contribution in [0.15, 0.2) is 29.2 Å². The average Bonchev–Trinajstić information content (AvgIpc) is 3.13. The zero-order valence-corrected chi connectivity index (χ0v) is 21.3.